The molecule has 0 spiro atoms. The van der Waals surface area contributed by atoms with Crippen LogP contribution in [0.15, 0.2) is 30.9 Å². The lowest BCUT2D eigenvalue weighted by Gasteiger charge is -2.28. The van der Waals surface area contributed by atoms with Gasteiger partial charge in [0.1, 0.15) is 18.1 Å². The molecule has 0 saturated heterocycles. The quantitative estimate of drug-likeness (QED) is 0.427. The zero-order chi connectivity index (χ0) is 19.9. The van der Waals surface area contributed by atoms with Crippen molar-refractivity contribution in [3.63, 3.8) is 0 Å². The van der Waals surface area contributed by atoms with Crippen LogP contribution in [-0.4, -0.2) is 33.2 Å². The first-order valence-corrected chi connectivity index (χ1v) is 11.9. The highest BCUT2D eigenvalue weighted by molar-refractivity contribution is 6.60. The minimum atomic E-state index is -2.55. The molecule has 1 heterocycles. The van der Waals surface area contributed by atoms with Crippen molar-refractivity contribution in [2.24, 2.45) is 0 Å². The van der Waals surface area contributed by atoms with Crippen LogP contribution in [0.5, 0.6) is 0 Å². The molecule has 0 amide bonds. The maximum absolute atomic E-state index is 5.95. The van der Waals surface area contributed by atoms with E-state index in [4.69, 9.17) is 13.3 Å². The summed E-state index contributed by atoms with van der Waals surface area (Å²) < 4.78 is 22.3. The second-order valence-electron chi connectivity index (χ2n) is 6.89. The zero-order valence-electron chi connectivity index (χ0n) is 17.7. The molecule has 0 N–H and O–H groups in total. The molecule has 0 unspecified atom stereocenters. The predicted molar refractivity (Wildman–Crippen MR) is 110 cm³/mol. The van der Waals surface area contributed by atoms with Crippen molar-refractivity contribution in [3.05, 3.63) is 47.5 Å². The monoisotopic (exact) mass is 391 g/mol. The molecule has 1 aromatic carbocycles. The van der Waals surface area contributed by atoms with Gasteiger partial charge in [-0.2, -0.15) is 0 Å². The SMILES string of the molecule is CCO[Si](CCC[n+]1ccn(-c2c(C)cc(C)cc2C)c1)(OCC)OCC. The van der Waals surface area contributed by atoms with Crippen molar-refractivity contribution in [2.75, 3.05) is 19.8 Å². The molecule has 0 bridgehead atoms. The van der Waals surface area contributed by atoms with E-state index in [0.717, 1.165) is 19.0 Å². The van der Waals surface area contributed by atoms with E-state index in [1.54, 1.807) is 0 Å². The molecule has 2 aromatic rings. The molecule has 6 heteroatoms. The second-order valence-corrected chi connectivity index (χ2v) is 9.62. The van der Waals surface area contributed by atoms with E-state index in [-0.39, 0.29) is 0 Å². The van der Waals surface area contributed by atoms with Crippen molar-refractivity contribution in [2.45, 2.75) is 60.6 Å². The van der Waals surface area contributed by atoms with Crippen LogP contribution in [0.2, 0.25) is 6.04 Å². The Morgan fingerprint density at radius 3 is 2.00 bits per heavy atom. The molecule has 0 fully saturated rings. The van der Waals surface area contributed by atoms with Gasteiger partial charge in [0.15, 0.2) is 0 Å². The molecular weight excluding hydrogens is 356 g/mol. The number of nitrogens with zero attached hydrogens (tertiary/aromatic N) is 2. The normalized spacial score (nSPS) is 11.9. The molecule has 0 aliphatic carbocycles. The van der Waals surface area contributed by atoms with Crippen LogP contribution >= 0.6 is 0 Å². The summed E-state index contributed by atoms with van der Waals surface area (Å²) >= 11 is 0. The van der Waals surface area contributed by atoms with E-state index < -0.39 is 8.80 Å². The minimum absolute atomic E-state index is 0.627. The topological polar surface area (TPSA) is 36.5 Å². The summed E-state index contributed by atoms with van der Waals surface area (Å²) in [5.74, 6) is 0. The molecule has 2 rings (SSSR count). The zero-order valence-corrected chi connectivity index (χ0v) is 18.7. The average Bonchev–Trinajstić information content (AvgIpc) is 3.03. The van der Waals surface area contributed by atoms with Gasteiger partial charge < -0.3 is 13.3 Å². The third-order valence-corrected chi connectivity index (χ3v) is 7.73. The number of aromatic nitrogens is 2. The number of hydrogen-bond acceptors (Lipinski definition) is 3. The number of benzene rings is 1. The van der Waals surface area contributed by atoms with E-state index in [1.165, 1.54) is 22.4 Å². The molecule has 5 nitrogen and oxygen atoms in total. The Balaban J connectivity index is 2.05. The molecule has 0 atom stereocenters. The first kappa shape index (κ1) is 21.8. The fraction of sp³-hybridized carbons (Fsp3) is 0.571. The fourth-order valence-electron chi connectivity index (χ4n) is 3.72. The number of imidazole rings is 1. The van der Waals surface area contributed by atoms with Gasteiger partial charge in [-0.1, -0.05) is 17.7 Å². The van der Waals surface area contributed by atoms with E-state index in [9.17, 15) is 0 Å². The van der Waals surface area contributed by atoms with Crippen LogP contribution in [0, 0.1) is 20.8 Å². The molecule has 0 aliphatic rings. The molecular formula is C21H35N2O3Si+. The van der Waals surface area contributed by atoms with Gasteiger partial charge in [0.25, 0.3) is 0 Å². The lowest BCUT2D eigenvalue weighted by molar-refractivity contribution is -0.696. The van der Waals surface area contributed by atoms with Crippen molar-refractivity contribution in [3.8, 4) is 5.69 Å². The van der Waals surface area contributed by atoms with Gasteiger partial charge in [0, 0.05) is 25.9 Å². The molecule has 0 saturated carbocycles. The molecule has 1 aromatic heterocycles. The summed E-state index contributed by atoms with van der Waals surface area (Å²) in [7, 11) is -2.55. The van der Waals surface area contributed by atoms with E-state index >= 15 is 0 Å². The lowest BCUT2D eigenvalue weighted by atomic mass is 10.1. The fourth-order valence-corrected chi connectivity index (χ4v) is 6.31. The van der Waals surface area contributed by atoms with Gasteiger partial charge in [-0.15, -0.1) is 0 Å². The summed E-state index contributed by atoms with van der Waals surface area (Å²) in [6.07, 6.45) is 7.38. The number of rotatable bonds is 11. The average molecular weight is 392 g/mol. The smallest absolute Gasteiger partial charge is 0.374 e. The highest BCUT2D eigenvalue weighted by Gasteiger charge is 2.39. The standard InChI is InChI=1S/C21H35N2O3Si/c1-7-24-27(25-8-2,26-9-3)14-10-11-22-12-13-23(17-22)21-19(5)15-18(4)16-20(21)6/h12-13,15-17H,7-11,14H2,1-6H3/q+1. The van der Waals surface area contributed by atoms with E-state index in [2.05, 4.69) is 60.8 Å². The first-order valence-electron chi connectivity index (χ1n) is 10.0. The summed E-state index contributed by atoms with van der Waals surface area (Å²) in [6, 6.07) is 5.31. The van der Waals surface area contributed by atoms with Crippen LogP contribution in [0.4, 0.5) is 0 Å². The first-order chi connectivity index (χ1) is 12.9. The minimum Gasteiger partial charge on any atom is -0.374 e. The highest BCUT2D eigenvalue weighted by atomic mass is 28.4. The summed E-state index contributed by atoms with van der Waals surface area (Å²) in [6.45, 7) is 15.3. The lowest BCUT2D eigenvalue weighted by Crippen LogP contribution is -2.46. The van der Waals surface area contributed by atoms with Gasteiger partial charge in [0.05, 0.1) is 6.54 Å². The largest absolute Gasteiger partial charge is 0.501 e. The second kappa shape index (κ2) is 10.2. The van der Waals surface area contributed by atoms with Crippen LogP contribution in [0.25, 0.3) is 5.69 Å². The summed E-state index contributed by atoms with van der Waals surface area (Å²) in [5.41, 5.74) is 5.16. The Hall–Kier alpha value is -1.47. The molecule has 0 aliphatic heterocycles. The Labute approximate surface area is 165 Å². The van der Waals surface area contributed by atoms with Gasteiger partial charge in [0.2, 0.25) is 6.33 Å². The maximum atomic E-state index is 5.95. The molecule has 150 valence electrons. The predicted octanol–water partition coefficient (Wildman–Crippen LogP) is 4.13. The Morgan fingerprint density at radius 1 is 0.926 bits per heavy atom. The van der Waals surface area contributed by atoms with Gasteiger partial charge in [-0.05, 0) is 59.1 Å². The Bertz CT molecular complexity index is 690. The Morgan fingerprint density at radius 2 is 1.48 bits per heavy atom. The molecule has 27 heavy (non-hydrogen) atoms. The number of hydrogen-bond donors (Lipinski definition) is 0. The summed E-state index contributed by atoms with van der Waals surface area (Å²) in [4.78, 5) is 0. The van der Waals surface area contributed by atoms with Crippen molar-refractivity contribution in [1.29, 1.82) is 0 Å². The van der Waals surface area contributed by atoms with Crippen LogP contribution < -0.4 is 4.57 Å². The van der Waals surface area contributed by atoms with Gasteiger partial charge in [-0.3, -0.25) is 0 Å². The van der Waals surface area contributed by atoms with E-state index in [1.807, 2.05) is 20.8 Å². The maximum Gasteiger partial charge on any atom is 0.501 e. The third kappa shape index (κ3) is 5.75. The summed E-state index contributed by atoms with van der Waals surface area (Å²) in [5, 5.41) is 0. The number of aryl methyl sites for hydroxylation is 4. The highest BCUT2D eigenvalue weighted by Crippen LogP contribution is 2.21. The van der Waals surface area contributed by atoms with E-state index in [0.29, 0.717) is 19.8 Å². The van der Waals surface area contributed by atoms with Crippen LogP contribution in [0.3, 0.4) is 0 Å². The molecule has 0 radical (unpaired) electrons. The van der Waals surface area contributed by atoms with Crippen LogP contribution in [-0.2, 0) is 19.8 Å². The third-order valence-electron chi connectivity index (χ3n) is 4.58. The van der Waals surface area contributed by atoms with Crippen molar-refractivity contribution >= 4 is 8.80 Å². The van der Waals surface area contributed by atoms with Crippen LogP contribution in [0.1, 0.15) is 43.9 Å². The Kier molecular flexibility index (Phi) is 8.22. The van der Waals surface area contributed by atoms with Gasteiger partial charge in [-0.25, -0.2) is 9.13 Å². The van der Waals surface area contributed by atoms with Gasteiger partial charge >= 0.3 is 8.80 Å². The van der Waals surface area contributed by atoms with Crippen molar-refractivity contribution < 1.29 is 17.8 Å². The van der Waals surface area contributed by atoms with Crippen molar-refractivity contribution in [1.82, 2.24) is 4.57 Å².